The van der Waals surface area contributed by atoms with E-state index < -0.39 is 9.84 Å². The lowest BCUT2D eigenvalue weighted by Crippen LogP contribution is -2.05. The Bertz CT molecular complexity index is 634. The number of aromatic nitrogens is 3. The molecule has 0 saturated heterocycles. The highest BCUT2D eigenvalue weighted by atomic mass is 79.9. The molecule has 0 unspecified atom stereocenters. The third-order valence-electron chi connectivity index (χ3n) is 1.97. The van der Waals surface area contributed by atoms with Gasteiger partial charge in [0.05, 0.1) is 0 Å². The van der Waals surface area contributed by atoms with Crippen LogP contribution in [0.25, 0.3) is 5.65 Å². The van der Waals surface area contributed by atoms with Crippen LogP contribution in [0.1, 0.15) is 19.5 Å². The average Bonchev–Trinajstić information content (AvgIpc) is 2.61. The summed E-state index contributed by atoms with van der Waals surface area (Å²) < 4.78 is 25.1. The zero-order valence-electron chi connectivity index (χ0n) is 10.1. The van der Waals surface area contributed by atoms with E-state index in [2.05, 4.69) is 25.9 Å². The largest absolute Gasteiger partial charge is 0.299 e. The van der Waals surface area contributed by atoms with E-state index in [0.717, 1.165) is 11.9 Å². The number of nitrogens with zero attached hydrogens (tertiary/aromatic N) is 3. The number of halogens is 1. The first-order valence-corrected chi connectivity index (χ1v) is 7.78. The highest BCUT2D eigenvalue weighted by Gasteiger charge is 2.17. The van der Waals surface area contributed by atoms with E-state index in [9.17, 15) is 8.42 Å². The second-order valence-corrected chi connectivity index (χ2v) is 5.98. The molecule has 0 aliphatic carbocycles. The molecule has 2 rings (SSSR count). The van der Waals surface area contributed by atoms with Crippen LogP contribution in [0.15, 0.2) is 22.0 Å². The van der Waals surface area contributed by atoms with Crippen LogP contribution >= 0.6 is 15.9 Å². The van der Waals surface area contributed by atoms with Crippen LogP contribution in [0.5, 0.6) is 0 Å². The summed E-state index contributed by atoms with van der Waals surface area (Å²) in [6.07, 6.45) is 4.41. The topological polar surface area (TPSA) is 64.3 Å². The molecule has 5 nitrogen and oxygen atoms in total. The first kappa shape index (κ1) is 14.1. The summed E-state index contributed by atoms with van der Waals surface area (Å²) in [4.78, 5) is 7.96. The fraction of sp³-hybridized carbons (Fsp3) is 0.400. The molecule has 0 aliphatic rings. The van der Waals surface area contributed by atoms with Gasteiger partial charge in [-0.2, -0.15) is 0 Å². The Morgan fingerprint density at radius 2 is 1.94 bits per heavy atom. The predicted octanol–water partition coefficient (Wildman–Crippen LogP) is 2.23. The van der Waals surface area contributed by atoms with Gasteiger partial charge in [0, 0.05) is 24.3 Å². The van der Waals surface area contributed by atoms with Crippen molar-refractivity contribution in [3.8, 4) is 0 Å². The number of fused-ring (bicyclic) bond motifs is 1. The van der Waals surface area contributed by atoms with Crippen molar-refractivity contribution in [2.45, 2.75) is 25.8 Å². The fourth-order valence-electron chi connectivity index (χ4n) is 1.30. The van der Waals surface area contributed by atoms with Crippen molar-refractivity contribution >= 4 is 31.4 Å². The van der Waals surface area contributed by atoms with Gasteiger partial charge in [-0.15, -0.1) is 0 Å². The van der Waals surface area contributed by atoms with Gasteiger partial charge < -0.3 is 0 Å². The fourth-order valence-corrected chi connectivity index (χ4v) is 2.54. The molecule has 2 heterocycles. The quantitative estimate of drug-likeness (QED) is 0.808. The lowest BCUT2D eigenvalue weighted by atomic mass is 10.5. The van der Waals surface area contributed by atoms with E-state index >= 15 is 0 Å². The van der Waals surface area contributed by atoms with E-state index in [0.29, 0.717) is 10.3 Å². The molecule has 2 aromatic heterocycles. The van der Waals surface area contributed by atoms with Gasteiger partial charge in [-0.25, -0.2) is 18.4 Å². The van der Waals surface area contributed by atoms with Crippen LogP contribution in [-0.2, 0) is 9.84 Å². The second kappa shape index (κ2) is 5.14. The zero-order valence-corrected chi connectivity index (χ0v) is 12.5. The summed E-state index contributed by atoms with van der Waals surface area (Å²) in [7, 11) is -3.36. The highest BCUT2D eigenvalue weighted by molar-refractivity contribution is 9.10. The van der Waals surface area contributed by atoms with Crippen molar-refractivity contribution in [3.05, 3.63) is 22.7 Å². The highest BCUT2D eigenvalue weighted by Crippen LogP contribution is 2.18. The Morgan fingerprint density at radius 1 is 1.35 bits per heavy atom. The predicted molar refractivity (Wildman–Crippen MR) is 69.9 cm³/mol. The molecule has 0 aliphatic heterocycles. The summed E-state index contributed by atoms with van der Waals surface area (Å²) in [5.41, 5.74) is 1.22. The molecule has 0 saturated carbocycles. The molecule has 0 atom stereocenters. The molecule has 0 spiro atoms. The monoisotopic (exact) mass is 319 g/mol. The molecular formula is C10H14BrN3O2S. The minimum atomic E-state index is -3.36. The number of hydrogen-bond donors (Lipinski definition) is 0. The average molecular weight is 320 g/mol. The molecule has 0 N–H and O–H groups in total. The van der Waals surface area contributed by atoms with Gasteiger partial charge in [-0.05, 0) is 22.9 Å². The molecule has 2 aromatic rings. The number of hydrogen-bond acceptors (Lipinski definition) is 4. The molecule has 7 heteroatoms. The number of rotatable bonds is 1. The van der Waals surface area contributed by atoms with E-state index in [1.807, 2.05) is 20.8 Å². The first-order valence-electron chi connectivity index (χ1n) is 5.10. The number of aryl methyl sites for hydroxylation is 1. The summed E-state index contributed by atoms with van der Waals surface area (Å²) in [6, 6.07) is 0. The third-order valence-corrected chi connectivity index (χ3v) is 3.33. The molecule has 0 aromatic carbocycles. The summed E-state index contributed by atoms with van der Waals surface area (Å²) >= 11 is 3.17. The normalized spacial score (nSPS) is 11.1. The minimum Gasteiger partial charge on any atom is -0.299 e. The molecule has 94 valence electrons. The molecule has 0 fully saturated rings. The van der Waals surface area contributed by atoms with Crippen molar-refractivity contribution in [1.82, 2.24) is 14.4 Å². The van der Waals surface area contributed by atoms with Crippen molar-refractivity contribution in [2.24, 2.45) is 0 Å². The number of imidazole rings is 1. The summed E-state index contributed by atoms with van der Waals surface area (Å²) in [5, 5.41) is -0.00928. The molecule has 0 radical (unpaired) electrons. The lowest BCUT2D eigenvalue weighted by Gasteiger charge is -2.02. The number of sulfone groups is 1. The zero-order chi connectivity index (χ0) is 13.2. The van der Waals surface area contributed by atoms with E-state index in [1.165, 1.54) is 0 Å². The maximum Gasteiger partial charge on any atom is 0.199 e. The molecule has 17 heavy (non-hydrogen) atoms. The summed E-state index contributed by atoms with van der Waals surface area (Å²) in [5.74, 6) is 0. The van der Waals surface area contributed by atoms with E-state index in [4.69, 9.17) is 0 Å². The smallest absolute Gasteiger partial charge is 0.199 e. The second-order valence-electron chi connectivity index (χ2n) is 3.23. The standard InChI is InChI=1S/C8H8BrN3O2S.C2H6/c1-5-3-10-7-8(15(2,13)14)11-6(9)4-12(5)7;1-2/h3-4H,1-2H3;1-2H3. The van der Waals surface area contributed by atoms with Crippen LogP contribution in [0.4, 0.5) is 0 Å². The van der Waals surface area contributed by atoms with E-state index in [1.54, 1.807) is 16.8 Å². The van der Waals surface area contributed by atoms with Gasteiger partial charge in [0.1, 0.15) is 4.60 Å². The molecular weight excluding hydrogens is 306 g/mol. The Kier molecular flexibility index (Phi) is 4.26. The Hall–Kier alpha value is -0.950. The minimum absolute atomic E-state index is 0.00928. The van der Waals surface area contributed by atoms with Crippen LogP contribution in [0, 0.1) is 6.92 Å². The van der Waals surface area contributed by atoms with Gasteiger partial charge >= 0.3 is 0 Å². The van der Waals surface area contributed by atoms with Gasteiger partial charge in [0.2, 0.25) is 0 Å². The van der Waals surface area contributed by atoms with Crippen molar-refractivity contribution in [1.29, 1.82) is 0 Å². The van der Waals surface area contributed by atoms with Crippen LogP contribution in [0.3, 0.4) is 0 Å². The van der Waals surface area contributed by atoms with Crippen LogP contribution in [-0.4, -0.2) is 29.0 Å². The van der Waals surface area contributed by atoms with E-state index in [-0.39, 0.29) is 5.03 Å². The lowest BCUT2D eigenvalue weighted by molar-refractivity contribution is 0.598. The maximum atomic E-state index is 11.5. The Morgan fingerprint density at radius 3 is 2.47 bits per heavy atom. The SMILES string of the molecule is CC.Cc1cnc2c(S(C)(=O)=O)nc(Br)cn12. The third kappa shape index (κ3) is 2.84. The maximum absolute atomic E-state index is 11.5. The van der Waals surface area contributed by atoms with Gasteiger partial charge in [-0.3, -0.25) is 4.40 Å². The van der Waals surface area contributed by atoms with Gasteiger partial charge in [0.15, 0.2) is 20.5 Å². The first-order chi connectivity index (χ1) is 7.89. The molecule has 0 amide bonds. The van der Waals surface area contributed by atoms with Crippen LogP contribution in [0.2, 0.25) is 0 Å². The van der Waals surface area contributed by atoms with Crippen molar-refractivity contribution in [2.75, 3.05) is 6.26 Å². The van der Waals surface area contributed by atoms with Gasteiger partial charge in [-0.1, -0.05) is 13.8 Å². The van der Waals surface area contributed by atoms with Gasteiger partial charge in [0.25, 0.3) is 0 Å². The Balaban J connectivity index is 0.000000686. The Labute approximate surface area is 109 Å². The summed E-state index contributed by atoms with van der Waals surface area (Å²) in [6.45, 7) is 5.85. The molecule has 0 bridgehead atoms. The van der Waals surface area contributed by atoms with Crippen molar-refractivity contribution < 1.29 is 8.42 Å². The van der Waals surface area contributed by atoms with Crippen molar-refractivity contribution in [3.63, 3.8) is 0 Å². The van der Waals surface area contributed by atoms with Crippen LogP contribution < -0.4 is 0 Å².